The topological polar surface area (TPSA) is 103 Å². The lowest BCUT2D eigenvalue weighted by Crippen LogP contribution is -2.48. The van der Waals surface area contributed by atoms with Gasteiger partial charge in [0.15, 0.2) is 5.01 Å². The number of aromatic nitrogens is 1. The molecule has 0 bridgehead atoms. The Hall–Kier alpha value is -2.37. The standard InChI is InChI=1S/C22H21ClFN3O4S2/c1-12-10-27(11-13(2)31-12)22(28)21-26-19(14-3-5-15(23)6-4-14)20(32-21)17-8-7-16(9-18(17)24)33(25,29)30/h3-9,12-13H,10-11H2,1-2H3,(H2,25,29,30)/t12-,13+. The molecule has 1 amide bonds. The highest BCUT2D eigenvalue weighted by Crippen LogP contribution is 2.39. The predicted octanol–water partition coefficient (Wildman–Crippen LogP) is 4.17. The molecule has 0 radical (unpaired) electrons. The summed E-state index contributed by atoms with van der Waals surface area (Å²) < 4.78 is 43.9. The van der Waals surface area contributed by atoms with Crippen molar-refractivity contribution >= 4 is 38.9 Å². The predicted molar refractivity (Wildman–Crippen MR) is 125 cm³/mol. The fourth-order valence-corrected chi connectivity index (χ4v) is 5.47. The van der Waals surface area contributed by atoms with E-state index in [2.05, 4.69) is 4.98 Å². The van der Waals surface area contributed by atoms with Gasteiger partial charge in [-0.15, -0.1) is 11.3 Å². The van der Waals surface area contributed by atoms with Crippen LogP contribution >= 0.6 is 22.9 Å². The monoisotopic (exact) mass is 509 g/mol. The summed E-state index contributed by atoms with van der Waals surface area (Å²) in [6.07, 6.45) is -0.230. The van der Waals surface area contributed by atoms with Crippen LogP contribution in [-0.4, -0.2) is 49.5 Å². The van der Waals surface area contributed by atoms with Gasteiger partial charge in [-0.3, -0.25) is 4.79 Å². The number of carbonyl (C=O) groups excluding carboxylic acids is 1. The summed E-state index contributed by atoms with van der Waals surface area (Å²) in [6, 6.07) is 10.2. The molecule has 1 aromatic heterocycles. The normalized spacial score (nSPS) is 19.0. The summed E-state index contributed by atoms with van der Waals surface area (Å²) in [5.74, 6) is -1.06. The van der Waals surface area contributed by atoms with Gasteiger partial charge in [0.05, 0.1) is 27.7 Å². The maximum atomic E-state index is 15.0. The van der Waals surface area contributed by atoms with Gasteiger partial charge < -0.3 is 9.64 Å². The minimum atomic E-state index is -4.06. The number of benzene rings is 2. The molecule has 4 rings (SSSR count). The summed E-state index contributed by atoms with van der Waals surface area (Å²) in [7, 11) is -4.06. The molecule has 2 atom stereocenters. The van der Waals surface area contributed by atoms with Gasteiger partial charge >= 0.3 is 0 Å². The molecule has 2 heterocycles. The Kier molecular flexibility index (Phi) is 6.56. The summed E-state index contributed by atoms with van der Waals surface area (Å²) in [4.78, 5) is 19.5. The van der Waals surface area contributed by atoms with Crippen molar-refractivity contribution in [3.63, 3.8) is 0 Å². The zero-order valence-corrected chi connectivity index (χ0v) is 20.2. The van der Waals surface area contributed by atoms with E-state index < -0.39 is 15.8 Å². The van der Waals surface area contributed by atoms with Gasteiger partial charge in [-0.1, -0.05) is 23.7 Å². The van der Waals surface area contributed by atoms with Crippen molar-refractivity contribution in [1.29, 1.82) is 0 Å². The maximum Gasteiger partial charge on any atom is 0.283 e. The van der Waals surface area contributed by atoms with Gasteiger partial charge in [-0.25, -0.2) is 22.9 Å². The Morgan fingerprint density at radius 3 is 2.39 bits per heavy atom. The summed E-state index contributed by atoms with van der Waals surface area (Å²) in [6.45, 7) is 4.63. The third-order valence-corrected chi connectivity index (χ3v) is 7.39. The van der Waals surface area contributed by atoms with Crippen LogP contribution < -0.4 is 5.14 Å². The number of halogens is 2. The number of hydrogen-bond donors (Lipinski definition) is 1. The molecule has 3 aromatic rings. The first-order chi connectivity index (χ1) is 15.5. The van der Waals surface area contributed by atoms with Crippen LogP contribution in [0.25, 0.3) is 21.7 Å². The van der Waals surface area contributed by atoms with Crippen LogP contribution in [0.2, 0.25) is 5.02 Å². The first kappa shape index (κ1) is 23.8. The van der Waals surface area contributed by atoms with Crippen molar-refractivity contribution in [1.82, 2.24) is 9.88 Å². The Morgan fingerprint density at radius 2 is 1.82 bits per heavy atom. The molecule has 1 aliphatic heterocycles. The number of thiazole rings is 1. The minimum Gasteiger partial charge on any atom is -0.372 e. The van der Waals surface area contributed by atoms with E-state index in [1.807, 2.05) is 13.8 Å². The molecule has 0 saturated carbocycles. The van der Waals surface area contributed by atoms with Crippen molar-refractivity contribution in [2.75, 3.05) is 13.1 Å². The van der Waals surface area contributed by atoms with Crippen molar-refractivity contribution < 1.29 is 22.3 Å². The van der Waals surface area contributed by atoms with E-state index >= 15 is 4.39 Å². The van der Waals surface area contributed by atoms with Crippen molar-refractivity contribution in [3.05, 3.63) is 58.3 Å². The summed E-state index contributed by atoms with van der Waals surface area (Å²) in [5.41, 5.74) is 1.16. The van der Waals surface area contributed by atoms with Crippen LogP contribution in [0, 0.1) is 5.82 Å². The maximum absolute atomic E-state index is 15.0. The number of hydrogen-bond acceptors (Lipinski definition) is 6. The number of nitrogens with two attached hydrogens (primary N) is 1. The number of rotatable bonds is 4. The van der Waals surface area contributed by atoms with Gasteiger partial charge in [0.2, 0.25) is 10.0 Å². The highest BCUT2D eigenvalue weighted by Gasteiger charge is 2.30. The number of morpholine rings is 1. The molecular formula is C22H21ClFN3O4S2. The van der Waals surface area contributed by atoms with E-state index in [4.69, 9.17) is 21.5 Å². The van der Waals surface area contributed by atoms with E-state index in [0.717, 1.165) is 17.4 Å². The average Bonchev–Trinajstić information content (AvgIpc) is 3.17. The number of nitrogens with zero attached hydrogens (tertiary/aromatic N) is 2. The van der Waals surface area contributed by atoms with E-state index in [1.54, 1.807) is 29.2 Å². The molecule has 174 valence electrons. The zero-order chi connectivity index (χ0) is 23.9. The minimum absolute atomic E-state index is 0.115. The van der Waals surface area contributed by atoms with Crippen LogP contribution in [-0.2, 0) is 14.8 Å². The molecule has 0 aliphatic carbocycles. The molecule has 7 nitrogen and oxygen atoms in total. The van der Waals surface area contributed by atoms with Crippen molar-refractivity contribution in [3.8, 4) is 21.7 Å². The average molecular weight is 510 g/mol. The van der Waals surface area contributed by atoms with Crippen molar-refractivity contribution in [2.45, 2.75) is 31.0 Å². The number of sulfonamides is 1. The molecule has 2 aromatic carbocycles. The van der Waals surface area contributed by atoms with E-state index in [1.165, 1.54) is 12.1 Å². The Morgan fingerprint density at radius 1 is 1.18 bits per heavy atom. The lowest BCUT2D eigenvalue weighted by atomic mass is 10.1. The Labute approximate surface area is 200 Å². The zero-order valence-electron chi connectivity index (χ0n) is 17.8. The van der Waals surface area contributed by atoms with Gasteiger partial charge in [-0.05, 0) is 44.2 Å². The van der Waals surface area contributed by atoms with Gasteiger partial charge in [0.25, 0.3) is 5.91 Å². The molecule has 1 fully saturated rings. The fraction of sp³-hybridized carbons (Fsp3) is 0.273. The highest BCUT2D eigenvalue weighted by molar-refractivity contribution is 7.89. The number of ether oxygens (including phenoxy) is 1. The molecule has 0 unspecified atom stereocenters. The smallest absolute Gasteiger partial charge is 0.283 e. The van der Waals surface area contributed by atoms with Crippen molar-refractivity contribution in [2.24, 2.45) is 5.14 Å². The van der Waals surface area contributed by atoms with Crippen LogP contribution in [0.3, 0.4) is 0 Å². The summed E-state index contributed by atoms with van der Waals surface area (Å²) >= 11 is 7.05. The Bertz CT molecular complexity index is 1300. The number of primary sulfonamides is 1. The lowest BCUT2D eigenvalue weighted by Gasteiger charge is -2.34. The molecule has 1 aliphatic rings. The van der Waals surface area contributed by atoms with E-state index in [9.17, 15) is 13.2 Å². The second-order valence-corrected chi connectivity index (χ2v) is 10.9. The van der Waals surface area contributed by atoms with Crippen LogP contribution in [0.1, 0.15) is 23.6 Å². The van der Waals surface area contributed by atoms with Crippen LogP contribution in [0.15, 0.2) is 47.4 Å². The van der Waals surface area contributed by atoms with Gasteiger partial charge in [0, 0.05) is 29.2 Å². The third-order valence-electron chi connectivity index (χ3n) is 5.15. The largest absolute Gasteiger partial charge is 0.372 e. The van der Waals surface area contributed by atoms with Crippen LogP contribution in [0.5, 0.6) is 0 Å². The molecule has 2 N–H and O–H groups in total. The SMILES string of the molecule is C[C@@H]1CN(C(=O)c2nc(-c3ccc(Cl)cc3)c(-c3ccc(S(N)(=O)=O)cc3F)s2)C[C@H](C)O1. The summed E-state index contributed by atoms with van der Waals surface area (Å²) in [5, 5.41) is 5.84. The first-order valence-electron chi connectivity index (χ1n) is 10.1. The first-order valence-corrected chi connectivity index (χ1v) is 12.8. The Balaban J connectivity index is 1.81. The molecule has 1 saturated heterocycles. The highest BCUT2D eigenvalue weighted by atomic mass is 35.5. The molecule has 33 heavy (non-hydrogen) atoms. The molecule has 0 spiro atoms. The lowest BCUT2D eigenvalue weighted by molar-refractivity contribution is -0.0586. The van der Waals surface area contributed by atoms with Crippen LogP contribution in [0.4, 0.5) is 4.39 Å². The fourth-order valence-electron chi connectivity index (χ4n) is 3.73. The molecular weight excluding hydrogens is 489 g/mol. The quantitative estimate of drug-likeness (QED) is 0.568. The van der Waals surface area contributed by atoms with Gasteiger partial charge in [-0.2, -0.15) is 0 Å². The van der Waals surface area contributed by atoms with Gasteiger partial charge in [0.1, 0.15) is 5.82 Å². The van der Waals surface area contributed by atoms with E-state index in [0.29, 0.717) is 34.2 Å². The second-order valence-electron chi connectivity index (χ2n) is 7.86. The third kappa shape index (κ3) is 5.10. The second kappa shape index (κ2) is 9.11. The number of amides is 1. The molecule has 11 heteroatoms. The number of carbonyl (C=O) groups is 1. The van der Waals surface area contributed by atoms with E-state index in [-0.39, 0.29) is 33.6 Å².